The lowest BCUT2D eigenvalue weighted by molar-refractivity contribution is -0.135. The number of carbonyl (C=O) groups excluding carboxylic acids is 3. The van der Waals surface area contributed by atoms with Crippen molar-refractivity contribution in [3.8, 4) is 0 Å². The molecule has 160 valence electrons. The van der Waals surface area contributed by atoms with Crippen molar-refractivity contribution in [1.82, 2.24) is 15.5 Å². The zero-order valence-corrected chi connectivity index (χ0v) is 18.5. The van der Waals surface area contributed by atoms with E-state index in [4.69, 9.17) is 0 Å². The van der Waals surface area contributed by atoms with Crippen LogP contribution >= 0.6 is 0 Å². The minimum Gasteiger partial charge on any atom is -0.352 e. The molecule has 1 fully saturated rings. The summed E-state index contributed by atoms with van der Waals surface area (Å²) in [5.41, 5.74) is 0.720. The van der Waals surface area contributed by atoms with Crippen molar-refractivity contribution in [2.45, 2.75) is 78.3 Å². The van der Waals surface area contributed by atoms with Crippen LogP contribution in [-0.4, -0.2) is 35.3 Å². The Labute approximate surface area is 174 Å². The van der Waals surface area contributed by atoms with E-state index in [1.165, 1.54) is 0 Å². The Kier molecular flexibility index (Phi) is 7.44. The lowest BCUT2D eigenvalue weighted by Crippen LogP contribution is -2.45. The summed E-state index contributed by atoms with van der Waals surface area (Å²) in [6.45, 7) is 11.9. The molecule has 0 bridgehead atoms. The highest BCUT2D eigenvalue weighted by atomic mass is 16.2. The van der Waals surface area contributed by atoms with Crippen molar-refractivity contribution < 1.29 is 14.4 Å². The van der Waals surface area contributed by atoms with Crippen LogP contribution in [0.4, 0.5) is 4.79 Å². The van der Waals surface area contributed by atoms with E-state index in [1.54, 1.807) is 6.92 Å². The van der Waals surface area contributed by atoms with E-state index in [9.17, 15) is 14.4 Å². The number of nitrogens with one attached hydrogen (secondary N) is 2. The molecule has 2 atom stereocenters. The van der Waals surface area contributed by atoms with Gasteiger partial charge in [-0.3, -0.25) is 14.5 Å². The van der Waals surface area contributed by atoms with Crippen molar-refractivity contribution in [3.05, 3.63) is 35.4 Å². The van der Waals surface area contributed by atoms with Gasteiger partial charge in [-0.05, 0) is 43.2 Å². The topological polar surface area (TPSA) is 78.5 Å². The minimum absolute atomic E-state index is 0.0111. The zero-order valence-electron chi connectivity index (χ0n) is 18.5. The summed E-state index contributed by atoms with van der Waals surface area (Å²) in [5, 5.41) is 5.65. The van der Waals surface area contributed by atoms with Gasteiger partial charge in [0.1, 0.15) is 12.1 Å². The van der Waals surface area contributed by atoms with Gasteiger partial charge in [-0.1, -0.05) is 64.8 Å². The first-order valence-corrected chi connectivity index (χ1v) is 10.6. The maximum Gasteiger partial charge on any atom is 0.325 e. The first-order valence-electron chi connectivity index (χ1n) is 10.6. The van der Waals surface area contributed by atoms with Crippen molar-refractivity contribution in [1.29, 1.82) is 0 Å². The van der Waals surface area contributed by atoms with Crippen LogP contribution in [0.3, 0.4) is 0 Å². The van der Waals surface area contributed by atoms with Crippen molar-refractivity contribution in [2.75, 3.05) is 6.54 Å². The zero-order chi connectivity index (χ0) is 21.8. The Hall–Kier alpha value is -2.37. The van der Waals surface area contributed by atoms with Crippen LogP contribution in [0.15, 0.2) is 24.3 Å². The molecule has 0 aliphatic carbocycles. The van der Waals surface area contributed by atoms with Crippen LogP contribution in [0.2, 0.25) is 0 Å². The van der Waals surface area contributed by atoms with E-state index in [0.717, 1.165) is 29.7 Å². The lowest BCUT2D eigenvalue weighted by Gasteiger charge is -2.23. The summed E-state index contributed by atoms with van der Waals surface area (Å²) in [7, 11) is 0. The highest BCUT2D eigenvalue weighted by Crippen LogP contribution is 2.29. The molecule has 6 heteroatoms. The van der Waals surface area contributed by atoms with Crippen molar-refractivity contribution in [3.63, 3.8) is 0 Å². The SMILES string of the molecule is CC(C)CCC[C@H](C)NC(=O)CN1C(=O)N[C@](C)(c2ccc(C(C)C)cc2)C1=O. The molecule has 1 aromatic rings. The number of imide groups is 1. The number of urea groups is 1. The first kappa shape index (κ1) is 22.9. The normalized spacial score (nSPS) is 20.3. The second-order valence-corrected chi connectivity index (χ2v) is 9.02. The van der Waals surface area contributed by atoms with Gasteiger partial charge in [0, 0.05) is 6.04 Å². The Morgan fingerprint density at radius 2 is 1.69 bits per heavy atom. The second-order valence-electron chi connectivity index (χ2n) is 9.02. The highest BCUT2D eigenvalue weighted by molar-refractivity contribution is 6.09. The van der Waals surface area contributed by atoms with Gasteiger partial charge >= 0.3 is 6.03 Å². The number of hydrogen-bond acceptors (Lipinski definition) is 3. The Morgan fingerprint density at radius 1 is 1.07 bits per heavy atom. The predicted octanol–water partition coefficient (Wildman–Crippen LogP) is 3.91. The molecule has 29 heavy (non-hydrogen) atoms. The quantitative estimate of drug-likeness (QED) is 0.616. The molecule has 1 heterocycles. The fourth-order valence-electron chi connectivity index (χ4n) is 3.61. The molecule has 1 aliphatic heterocycles. The van der Waals surface area contributed by atoms with Gasteiger partial charge in [0.25, 0.3) is 5.91 Å². The summed E-state index contributed by atoms with van der Waals surface area (Å²) in [4.78, 5) is 38.8. The molecule has 0 aromatic heterocycles. The molecule has 6 nitrogen and oxygen atoms in total. The number of rotatable bonds is 9. The maximum atomic E-state index is 13.0. The van der Waals surface area contributed by atoms with Gasteiger partial charge in [0.15, 0.2) is 0 Å². The molecular formula is C23H35N3O3. The summed E-state index contributed by atoms with van der Waals surface area (Å²) in [6, 6.07) is 7.16. The maximum absolute atomic E-state index is 13.0. The third-order valence-corrected chi connectivity index (χ3v) is 5.56. The smallest absolute Gasteiger partial charge is 0.325 e. The standard InChI is InChI=1S/C23H35N3O3/c1-15(2)8-7-9-17(5)24-20(27)14-26-21(28)23(6,25-22(26)29)19-12-10-18(11-13-19)16(3)4/h10-13,15-17H,7-9,14H2,1-6H3,(H,24,27)(H,25,29)/t17-,23+/m0/s1. The second kappa shape index (κ2) is 9.42. The van der Waals surface area contributed by atoms with E-state index in [2.05, 4.69) is 38.3 Å². The Balaban J connectivity index is 1.99. The average Bonchev–Trinajstić information content (AvgIpc) is 2.85. The van der Waals surface area contributed by atoms with Gasteiger partial charge in [-0.15, -0.1) is 0 Å². The fraction of sp³-hybridized carbons (Fsp3) is 0.609. The van der Waals surface area contributed by atoms with E-state index in [1.807, 2.05) is 31.2 Å². The van der Waals surface area contributed by atoms with E-state index < -0.39 is 17.5 Å². The molecule has 2 rings (SSSR count). The number of benzene rings is 1. The highest BCUT2D eigenvalue weighted by Gasteiger charge is 2.49. The fourth-order valence-corrected chi connectivity index (χ4v) is 3.61. The van der Waals surface area contributed by atoms with Crippen LogP contribution in [0.5, 0.6) is 0 Å². The van der Waals surface area contributed by atoms with E-state index >= 15 is 0 Å². The van der Waals surface area contributed by atoms with Gasteiger partial charge < -0.3 is 10.6 Å². The largest absolute Gasteiger partial charge is 0.352 e. The molecule has 0 unspecified atom stereocenters. The predicted molar refractivity (Wildman–Crippen MR) is 114 cm³/mol. The third kappa shape index (κ3) is 5.58. The van der Waals surface area contributed by atoms with Crippen molar-refractivity contribution in [2.24, 2.45) is 5.92 Å². The Bertz CT molecular complexity index is 742. The van der Waals surface area contributed by atoms with Crippen LogP contribution in [-0.2, 0) is 15.1 Å². The van der Waals surface area contributed by atoms with E-state index in [-0.39, 0.29) is 18.5 Å². The van der Waals surface area contributed by atoms with Gasteiger partial charge in [0.2, 0.25) is 5.91 Å². The molecule has 0 spiro atoms. The molecule has 4 amide bonds. The minimum atomic E-state index is -1.16. The van der Waals surface area contributed by atoms with Crippen LogP contribution < -0.4 is 10.6 Å². The molecule has 0 saturated carbocycles. The van der Waals surface area contributed by atoms with Gasteiger partial charge in [-0.2, -0.15) is 0 Å². The van der Waals surface area contributed by atoms with E-state index in [0.29, 0.717) is 17.4 Å². The summed E-state index contributed by atoms with van der Waals surface area (Å²) in [6.07, 6.45) is 3.03. The first-order chi connectivity index (χ1) is 13.5. The van der Waals surface area contributed by atoms with Crippen LogP contribution in [0, 0.1) is 5.92 Å². The van der Waals surface area contributed by atoms with Crippen LogP contribution in [0.1, 0.15) is 77.8 Å². The molecule has 1 aliphatic rings. The lowest BCUT2D eigenvalue weighted by atomic mass is 9.90. The molecular weight excluding hydrogens is 366 g/mol. The molecule has 0 radical (unpaired) electrons. The number of hydrogen-bond donors (Lipinski definition) is 2. The molecule has 1 aromatic carbocycles. The summed E-state index contributed by atoms with van der Waals surface area (Å²) < 4.78 is 0. The third-order valence-electron chi connectivity index (χ3n) is 5.56. The molecule has 1 saturated heterocycles. The number of amides is 4. The number of carbonyl (C=O) groups is 3. The summed E-state index contributed by atoms with van der Waals surface area (Å²) >= 11 is 0. The monoisotopic (exact) mass is 401 g/mol. The van der Waals surface area contributed by atoms with Crippen molar-refractivity contribution >= 4 is 17.8 Å². The average molecular weight is 402 g/mol. The van der Waals surface area contributed by atoms with Crippen LogP contribution in [0.25, 0.3) is 0 Å². The van der Waals surface area contributed by atoms with Gasteiger partial charge in [0.05, 0.1) is 0 Å². The Morgan fingerprint density at radius 3 is 2.24 bits per heavy atom. The number of nitrogens with zero attached hydrogens (tertiary/aromatic N) is 1. The van der Waals surface area contributed by atoms with Gasteiger partial charge in [-0.25, -0.2) is 4.79 Å². The summed E-state index contributed by atoms with van der Waals surface area (Å²) in [5.74, 6) is 0.303. The molecule has 2 N–H and O–H groups in total.